The summed E-state index contributed by atoms with van der Waals surface area (Å²) in [5, 5.41) is 6.60. The van der Waals surface area contributed by atoms with Crippen LogP contribution in [0.4, 0.5) is 5.69 Å². The van der Waals surface area contributed by atoms with Crippen LogP contribution in [0.15, 0.2) is 87.8 Å². The lowest BCUT2D eigenvalue weighted by Gasteiger charge is -2.08. The van der Waals surface area contributed by atoms with Crippen molar-refractivity contribution in [1.82, 2.24) is 10.4 Å². The molecule has 1 aromatic heterocycles. The Morgan fingerprint density at radius 3 is 2.65 bits per heavy atom. The maximum atomic E-state index is 12.4. The number of nitrogens with zero attached hydrogens (tertiary/aromatic N) is 2. The summed E-state index contributed by atoms with van der Waals surface area (Å²) in [6.07, 6.45) is 1.60. The van der Waals surface area contributed by atoms with Crippen LogP contribution in [0.2, 0.25) is 5.02 Å². The largest absolute Gasteiger partial charge is 0.398 e. The zero-order valence-corrected chi connectivity index (χ0v) is 18.2. The number of pyridine rings is 1. The number of carbonyl (C=O) groups is 1. The molecule has 0 bridgehead atoms. The SMILES string of the molecule is Cc1ccc2nc(Sc3ccc(Cl)cc3)c(/C=N/NC(=O)c3ccccc3N)cc2c1. The van der Waals surface area contributed by atoms with E-state index in [1.165, 1.54) is 11.8 Å². The molecule has 0 atom stereocenters. The van der Waals surface area contributed by atoms with Crippen molar-refractivity contribution in [1.29, 1.82) is 0 Å². The summed E-state index contributed by atoms with van der Waals surface area (Å²) in [7, 11) is 0. The van der Waals surface area contributed by atoms with Gasteiger partial charge < -0.3 is 5.73 Å². The van der Waals surface area contributed by atoms with Crippen LogP contribution >= 0.6 is 23.4 Å². The van der Waals surface area contributed by atoms with Gasteiger partial charge in [-0.15, -0.1) is 0 Å². The standard InChI is InChI=1S/C24H19ClN4OS/c1-15-6-11-22-16(12-15)13-17(24(28-22)31-19-9-7-18(25)8-10-19)14-27-29-23(30)20-4-2-3-5-21(20)26/h2-14H,26H2,1H3,(H,29,30)/b27-14+. The highest BCUT2D eigenvalue weighted by atomic mass is 35.5. The van der Waals surface area contributed by atoms with Crippen molar-refractivity contribution in [3.05, 3.63) is 94.5 Å². The number of halogens is 1. The number of hydrazone groups is 1. The van der Waals surface area contributed by atoms with E-state index < -0.39 is 0 Å². The Kier molecular flexibility index (Phi) is 6.21. The summed E-state index contributed by atoms with van der Waals surface area (Å²) >= 11 is 7.51. The zero-order chi connectivity index (χ0) is 21.8. The third-order valence-corrected chi connectivity index (χ3v) is 5.85. The fraction of sp³-hybridized carbons (Fsp3) is 0.0417. The first kappa shape index (κ1) is 20.9. The predicted molar refractivity (Wildman–Crippen MR) is 128 cm³/mol. The van der Waals surface area contributed by atoms with Gasteiger partial charge in [0.2, 0.25) is 0 Å². The molecule has 0 unspecified atom stereocenters. The number of nitrogens with two attached hydrogens (primary N) is 1. The number of carbonyl (C=O) groups excluding carboxylic acids is 1. The molecular formula is C24H19ClN4OS. The smallest absolute Gasteiger partial charge is 0.273 e. The number of nitrogen functional groups attached to an aromatic ring is 1. The second-order valence-corrected chi connectivity index (χ2v) is 8.42. The Balaban J connectivity index is 1.65. The van der Waals surface area contributed by atoms with Gasteiger partial charge in [0.05, 0.1) is 17.3 Å². The number of para-hydroxylation sites is 1. The minimum absolute atomic E-state index is 0.370. The number of hydrogen-bond acceptors (Lipinski definition) is 5. The quantitative estimate of drug-likeness (QED) is 0.234. The highest BCUT2D eigenvalue weighted by Gasteiger charge is 2.10. The van der Waals surface area contributed by atoms with Crippen molar-refractivity contribution in [2.24, 2.45) is 5.10 Å². The van der Waals surface area contributed by atoms with Crippen molar-refractivity contribution in [3.63, 3.8) is 0 Å². The van der Waals surface area contributed by atoms with Crippen LogP contribution in [0.5, 0.6) is 0 Å². The van der Waals surface area contributed by atoms with E-state index in [1.807, 2.05) is 49.4 Å². The summed E-state index contributed by atoms with van der Waals surface area (Å²) in [6, 6.07) is 22.5. The maximum absolute atomic E-state index is 12.4. The molecule has 0 saturated heterocycles. The minimum atomic E-state index is -0.370. The molecule has 4 rings (SSSR count). The van der Waals surface area contributed by atoms with Crippen molar-refractivity contribution < 1.29 is 4.79 Å². The third-order valence-electron chi connectivity index (χ3n) is 4.57. The van der Waals surface area contributed by atoms with Crippen LogP contribution in [-0.4, -0.2) is 17.1 Å². The molecular weight excluding hydrogens is 428 g/mol. The number of aryl methyl sites for hydroxylation is 1. The van der Waals surface area contributed by atoms with Crippen LogP contribution in [0.3, 0.4) is 0 Å². The van der Waals surface area contributed by atoms with Gasteiger partial charge in [-0.3, -0.25) is 4.79 Å². The normalized spacial score (nSPS) is 11.2. The van der Waals surface area contributed by atoms with Gasteiger partial charge in [-0.2, -0.15) is 5.10 Å². The van der Waals surface area contributed by atoms with Gasteiger partial charge in [0, 0.05) is 26.6 Å². The molecule has 3 N–H and O–H groups in total. The lowest BCUT2D eigenvalue weighted by Crippen LogP contribution is -2.19. The molecule has 5 nitrogen and oxygen atoms in total. The Labute approximate surface area is 189 Å². The fourth-order valence-corrected chi connectivity index (χ4v) is 4.00. The van der Waals surface area contributed by atoms with E-state index in [-0.39, 0.29) is 5.91 Å². The highest BCUT2D eigenvalue weighted by Crippen LogP contribution is 2.31. The molecule has 0 fully saturated rings. The zero-order valence-electron chi connectivity index (χ0n) is 16.7. The number of benzene rings is 3. The maximum Gasteiger partial charge on any atom is 0.273 e. The van der Waals surface area contributed by atoms with E-state index in [1.54, 1.807) is 30.5 Å². The van der Waals surface area contributed by atoms with Gasteiger partial charge in [-0.05, 0) is 61.5 Å². The molecule has 0 aliphatic heterocycles. The van der Waals surface area contributed by atoms with Gasteiger partial charge in [0.1, 0.15) is 5.03 Å². The Hall–Kier alpha value is -3.35. The van der Waals surface area contributed by atoms with Crippen LogP contribution < -0.4 is 11.2 Å². The number of rotatable bonds is 5. The first-order valence-corrected chi connectivity index (χ1v) is 10.7. The average molecular weight is 447 g/mol. The second-order valence-electron chi connectivity index (χ2n) is 6.92. The second kappa shape index (κ2) is 9.20. The number of amides is 1. The summed E-state index contributed by atoms with van der Waals surface area (Å²) in [5.74, 6) is -0.370. The number of aromatic nitrogens is 1. The van der Waals surface area contributed by atoms with Gasteiger partial charge >= 0.3 is 0 Å². The monoisotopic (exact) mass is 446 g/mol. The predicted octanol–water partition coefficient (Wildman–Crippen LogP) is 5.69. The number of anilines is 1. The molecule has 4 aromatic rings. The van der Waals surface area contributed by atoms with Crippen molar-refractivity contribution >= 4 is 52.1 Å². The van der Waals surface area contributed by atoms with Crippen LogP contribution in [-0.2, 0) is 0 Å². The molecule has 0 spiro atoms. The molecule has 0 aliphatic rings. The lowest BCUT2D eigenvalue weighted by atomic mass is 10.1. The van der Waals surface area contributed by atoms with E-state index in [4.69, 9.17) is 22.3 Å². The molecule has 1 heterocycles. The summed E-state index contributed by atoms with van der Waals surface area (Å²) < 4.78 is 0. The molecule has 154 valence electrons. The molecule has 0 radical (unpaired) electrons. The Bertz CT molecular complexity index is 1290. The Morgan fingerprint density at radius 1 is 1.10 bits per heavy atom. The number of hydrogen-bond donors (Lipinski definition) is 2. The summed E-state index contributed by atoms with van der Waals surface area (Å²) in [4.78, 5) is 18.2. The van der Waals surface area contributed by atoms with E-state index in [2.05, 4.69) is 16.6 Å². The van der Waals surface area contributed by atoms with E-state index in [0.29, 0.717) is 16.3 Å². The van der Waals surface area contributed by atoms with Crippen molar-refractivity contribution in [2.45, 2.75) is 16.8 Å². The van der Waals surface area contributed by atoms with Crippen LogP contribution in [0.25, 0.3) is 10.9 Å². The molecule has 1 amide bonds. The summed E-state index contributed by atoms with van der Waals surface area (Å²) in [5.41, 5.74) is 12.0. The van der Waals surface area contributed by atoms with Gasteiger partial charge in [-0.1, -0.05) is 47.1 Å². The molecule has 0 aliphatic carbocycles. The Morgan fingerprint density at radius 2 is 1.87 bits per heavy atom. The number of nitrogens with one attached hydrogen (secondary N) is 1. The van der Waals surface area contributed by atoms with Gasteiger partial charge in [0.25, 0.3) is 5.91 Å². The highest BCUT2D eigenvalue weighted by molar-refractivity contribution is 7.99. The lowest BCUT2D eigenvalue weighted by molar-refractivity contribution is 0.0956. The van der Waals surface area contributed by atoms with Gasteiger partial charge in [-0.25, -0.2) is 10.4 Å². The van der Waals surface area contributed by atoms with Crippen molar-refractivity contribution in [2.75, 3.05) is 5.73 Å². The fourth-order valence-electron chi connectivity index (χ4n) is 3.01. The molecule has 7 heteroatoms. The van der Waals surface area contributed by atoms with E-state index in [9.17, 15) is 4.79 Å². The van der Waals surface area contributed by atoms with Crippen LogP contribution in [0.1, 0.15) is 21.5 Å². The molecule has 0 saturated carbocycles. The summed E-state index contributed by atoms with van der Waals surface area (Å²) in [6.45, 7) is 2.04. The topological polar surface area (TPSA) is 80.4 Å². The first-order chi connectivity index (χ1) is 15.0. The molecule has 31 heavy (non-hydrogen) atoms. The van der Waals surface area contributed by atoms with E-state index in [0.717, 1.165) is 32.0 Å². The minimum Gasteiger partial charge on any atom is -0.398 e. The van der Waals surface area contributed by atoms with Crippen molar-refractivity contribution in [3.8, 4) is 0 Å². The number of fused-ring (bicyclic) bond motifs is 1. The molecule has 3 aromatic carbocycles. The third kappa shape index (κ3) is 5.05. The first-order valence-electron chi connectivity index (χ1n) is 9.52. The van der Waals surface area contributed by atoms with Gasteiger partial charge in [0.15, 0.2) is 0 Å². The van der Waals surface area contributed by atoms with E-state index >= 15 is 0 Å². The van der Waals surface area contributed by atoms with Crippen LogP contribution in [0, 0.1) is 6.92 Å². The average Bonchev–Trinajstić information content (AvgIpc) is 2.76.